The summed E-state index contributed by atoms with van der Waals surface area (Å²) < 4.78 is 17.2. The zero-order chi connectivity index (χ0) is 23.8. The fraction of sp³-hybridized carbons (Fsp3) is 0.667. The fourth-order valence-corrected chi connectivity index (χ4v) is 6.57. The Morgan fingerprint density at radius 2 is 1.67 bits per heavy atom. The second kappa shape index (κ2) is 9.47. The summed E-state index contributed by atoms with van der Waals surface area (Å²) in [5.74, 6) is 1.14. The zero-order valence-corrected chi connectivity index (χ0v) is 20.2. The number of carbonyl (C=O) groups is 3. The summed E-state index contributed by atoms with van der Waals surface area (Å²) >= 11 is 0. The van der Waals surface area contributed by atoms with E-state index in [9.17, 15) is 14.4 Å². The molecule has 0 heterocycles. The Labute approximate surface area is 196 Å². The van der Waals surface area contributed by atoms with Crippen LogP contribution in [0.3, 0.4) is 0 Å². The lowest BCUT2D eigenvalue weighted by Crippen LogP contribution is -2.47. The van der Waals surface area contributed by atoms with Gasteiger partial charge in [-0.05, 0) is 73.1 Å². The molecule has 6 heteroatoms. The number of hydrogen-bond donors (Lipinski definition) is 0. The number of fused-ring (bicyclic) bond motifs is 5. The summed E-state index contributed by atoms with van der Waals surface area (Å²) in [4.78, 5) is 36.1. The summed E-state index contributed by atoms with van der Waals surface area (Å²) in [5.41, 5.74) is 2.42. The second-order valence-electron chi connectivity index (χ2n) is 10.0. The van der Waals surface area contributed by atoms with Crippen molar-refractivity contribution in [1.82, 2.24) is 0 Å². The van der Waals surface area contributed by atoms with Crippen LogP contribution in [0, 0.1) is 17.3 Å². The molecule has 3 aliphatic rings. The monoisotopic (exact) mass is 456 g/mol. The van der Waals surface area contributed by atoms with Crippen LogP contribution < -0.4 is 4.74 Å². The van der Waals surface area contributed by atoms with Crippen molar-refractivity contribution in [2.24, 2.45) is 17.3 Å². The van der Waals surface area contributed by atoms with Gasteiger partial charge in [0.2, 0.25) is 0 Å². The van der Waals surface area contributed by atoms with Crippen molar-refractivity contribution in [2.75, 3.05) is 0 Å². The Balaban J connectivity index is 1.59. The molecule has 0 aliphatic heterocycles. The van der Waals surface area contributed by atoms with E-state index in [1.54, 1.807) is 20.8 Å². The zero-order valence-electron chi connectivity index (χ0n) is 20.2. The van der Waals surface area contributed by atoms with Gasteiger partial charge in [-0.2, -0.15) is 0 Å². The maximum Gasteiger partial charge on any atom is 0.310 e. The minimum absolute atomic E-state index is 0.196. The van der Waals surface area contributed by atoms with E-state index in [4.69, 9.17) is 14.2 Å². The molecule has 2 saturated carbocycles. The molecule has 2 unspecified atom stereocenters. The average molecular weight is 457 g/mol. The number of esters is 3. The van der Waals surface area contributed by atoms with Crippen LogP contribution in [0.1, 0.15) is 89.7 Å². The number of aryl methyl sites for hydroxylation is 1. The van der Waals surface area contributed by atoms with Gasteiger partial charge in [0.25, 0.3) is 0 Å². The molecular formula is C27H36O6. The van der Waals surface area contributed by atoms with E-state index in [1.165, 1.54) is 11.1 Å². The molecule has 0 radical (unpaired) electrons. The smallest absolute Gasteiger partial charge is 0.310 e. The van der Waals surface area contributed by atoms with Crippen LogP contribution in [-0.4, -0.2) is 30.1 Å². The van der Waals surface area contributed by atoms with Crippen molar-refractivity contribution < 1.29 is 28.6 Å². The maximum atomic E-state index is 12.3. The maximum absolute atomic E-state index is 12.3. The third-order valence-electron chi connectivity index (χ3n) is 8.25. The molecule has 180 valence electrons. The van der Waals surface area contributed by atoms with Gasteiger partial charge in [-0.1, -0.05) is 33.8 Å². The first-order valence-corrected chi connectivity index (χ1v) is 12.5. The molecule has 3 aliphatic carbocycles. The molecule has 0 spiro atoms. The van der Waals surface area contributed by atoms with Crippen LogP contribution in [0.15, 0.2) is 18.2 Å². The van der Waals surface area contributed by atoms with Crippen LogP contribution in [0.2, 0.25) is 0 Å². The molecule has 1 aromatic rings. The molecule has 4 rings (SSSR count). The number of ether oxygens (including phenoxy) is 3. The summed E-state index contributed by atoms with van der Waals surface area (Å²) in [5, 5.41) is 0. The topological polar surface area (TPSA) is 78.9 Å². The first-order chi connectivity index (χ1) is 15.8. The van der Waals surface area contributed by atoms with Crippen molar-refractivity contribution in [3.63, 3.8) is 0 Å². The third-order valence-corrected chi connectivity index (χ3v) is 8.25. The van der Waals surface area contributed by atoms with E-state index in [0.29, 0.717) is 42.8 Å². The molecule has 6 nitrogen and oxygen atoms in total. The standard InChI is InChI=1S/C27H36O6/c1-5-23(28)31-17-9-11-18-16(14-17)8-10-20-19(18)12-13-27(4)21(20)15-22(32-24(29)6-2)26(27)33-25(30)7-3/h9,11,14,19-22,26H,5-8,10,12-13,15H2,1-4H3/t19-,20-,21+,22?,26?,27+/m1/s1. The van der Waals surface area contributed by atoms with Gasteiger partial charge in [-0.25, -0.2) is 0 Å². The van der Waals surface area contributed by atoms with E-state index in [1.807, 2.05) is 12.1 Å². The summed E-state index contributed by atoms with van der Waals surface area (Å²) in [6, 6.07) is 6.07. The molecule has 0 aromatic heterocycles. The van der Waals surface area contributed by atoms with Gasteiger partial charge in [0.15, 0.2) is 0 Å². The molecule has 0 amide bonds. The lowest BCUT2D eigenvalue weighted by atomic mass is 9.55. The number of benzene rings is 1. The Kier molecular flexibility index (Phi) is 6.83. The summed E-state index contributed by atoms with van der Waals surface area (Å²) in [6.45, 7) is 7.61. The minimum Gasteiger partial charge on any atom is -0.458 e. The molecule has 6 atom stereocenters. The Bertz CT molecular complexity index is 923. The molecular weight excluding hydrogens is 420 g/mol. The Morgan fingerprint density at radius 3 is 2.36 bits per heavy atom. The van der Waals surface area contributed by atoms with Gasteiger partial charge in [0.1, 0.15) is 18.0 Å². The van der Waals surface area contributed by atoms with Gasteiger partial charge in [0.05, 0.1) is 0 Å². The predicted octanol–water partition coefficient (Wildman–Crippen LogP) is 5.11. The molecule has 0 saturated heterocycles. The van der Waals surface area contributed by atoms with Crippen molar-refractivity contribution in [1.29, 1.82) is 0 Å². The van der Waals surface area contributed by atoms with Crippen LogP contribution in [-0.2, 0) is 30.3 Å². The van der Waals surface area contributed by atoms with Crippen molar-refractivity contribution in [2.45, 2.75) is 97.2 Å². The lowest BCUT2D eigenvalue weighted by molar-refractivity contribution is -0.173. The molecule has 2 fully saturated rings. The first-order valence-electron chi connectivity index (χ1n) is 12.5. The highest BCUT2D eigenvalue weighted by atomic mass is 16.6. The number of hydrogen-bond acceptors (Lipinski definition) is 6. The summed E-state index contributed by atoms with van der Waals surface area (Å²) in [6.07, 6.45) is 4.86. The molecule has 0 bridgehead atoms. The molecule has 0 N–H and O–H groups in total. The highest BCUT2D eigenvalue weighted by molar-refractivity contribution is 5.72. The van der Waals surface area contributed by atoms with Crippen molar-refractivity contribution >= 4 is 17.9 Å². The van der Waals surface area contributed by atoms with Crippen LogP contribution >= 0.6 is 0 Å². The van der Waals surface area contributed by atoms with Gasteiger partial charge in [0, 0.05) is 24.7 Å². The first kappa shape index (κ1) is 23.8. The molecule has 1 aromatic carbocycles. The lowest BCUT2D eigenvalue weighted by Gasteiger charge is -2.50. The largest absolute Gasteiger partial charge is 0.458 e. The average Bonchev–Trinajstić information content (AvgIpc) is 3.09. The van der Waals surface area contributed by atoms with E-state index < -0.39 is 0 Å². The minimum atomic E-state index is -0.386. The number of carbonyl (C=O) groups excluding carboxylic acids is 3. The molecule has 33 heavy (non-hydrogen) atoms. The highest BCUT2D eigenvalue weighted by Crippen LogP contribution is 2.62. The van der Waals surface area contributed by atoms with Crippen molar-refractivity contribution in [3.8, 4) is 5.75 Å². The van der Waals surface area contributed by atoms with E-state index in [2.05, 4.69) is 13.0 Å². The fourth-order valence-electron chi connectivity index (χ4n) is 6.57. The normalized spacial score (nSPS) is 32.2. The third kappa shape index (κ3) is 4.41. The van der Waals surface area contributed by atoms with Gasteiger partial charge < -0.3 is 14.2 Å². The van der Waals surface area contributed by atoms with E-state index >= 15 is 0 Å². The number of rotatable bonds is 6. The van der Waals surface area contributed by atoms with Crippen molar-refractivity contribution in [3.05, 3.63) is 29.3 Å². The second-order valence-corrected chi connectivity index (χ2v) is 10.0. The quantitative estimate of drug-likeness (QED) is 0.437. The SMILES string of the molecule is CCC(=O)Oc1ccc2c(c1)CC[C@@H]1[C@@H]2CC[C@]2(C)C(OC(=O)CC)C(OC(=O)CC)C[C@@H]12. The van der Waals surface area contributed by atoms with Gasteiger partial charge >= 0.3 is 17.9 Å². The van der Waals surface area contributed by atoms with Crippen LogP contribution in [0.5, 0.6) is 5.75 Å². The van der Waals surface area contributed by atoms with Crippen LogP contribution in [0.25, 0.3) is 0 Å². The summed E-state index contributed by atoms with van der Waals surface area (Å²) in [7, 11) is 0. The van der Waals surface area contributed by atoms with Gasteiger partial charge in [-0.3, -0.25) is 14.4 Å². The Hall–Kier alpha value is -2.37. The van der Waals surface area contributed by atoms with E-state index in [0.717, 1.165) is 32.1 Å². The van der Waals surface area contributed by atoms with Crippen LogP contribution in [0.4, 0.5) is 0 Å². The highest BCUT2D eigenvalue weighted by Gasteiger charge is 2.61. The Morgan fingerprint density at radius 1 is 0.970 bits per heavy atom. The van der Waals surface area contributed by atoms with E-state index in [-0.39, 0.29) is 35.5 Å². The van der Waals surface area contributed by atoms with Gasteiger partial charge in [-0.15, -0.1) is 0 Å². The predicted molar refractivity (Wildman–Crippen MR) is 123 cm³/mol.